The maximum atomic E-state index is 11.3. The molecule has 1 heterocycles. The Balaban J connectivity index is 2.92. The van der Waals surface area contributed by atoms with Crippen LogP contribution < -0.4 is 22.5 Å². The summed E-state index contributed by atoms with van der Waals surface area (Å²) in [6.45, 7) is 0. The lowest BCUT2D eigenvalue weighted by Gasteiger charge is -2.17. The van der Waals surface area contributed by atoms with Crippen LogP contribution in [0.3, 0.4) is 0 Å². The maximum Gasteiger partial charge on any atom is 0.247 e. The minimum Gasteiger partial charge on any atom is -0.294 e. The first-order chi connectivity index (χ1) is 7.41. The fourth-order valence-corrected chi connectivity index (χ4v) is 2.89. The fraction of sp³-hybridized carbons (Fsp3) is 0.429. The number of hydrazine groups is 2. The van der Waals surface area contributed by atoms with E-state index in [1.165, 1.54) is 6.08 Å². The zero-order chi connectivity index (χ0) is 12.3. The second-order valence-electron chi connectivity index (χ2n) is 3.32. The van der Waals surface area contributed by atoms with E-state index in [0.717, 1.165) is 5.41 Å². The Morgan fingerprint density at radius 3 is 2.06 bits per heavy atom. The molecule has 0 spiro atoms. The van der Waals surface area contributed by atoms with Crippen LogP contribution in [0.15, 0.2) is 11.5 Å². The highest BCUT2D eigenvalue weighted by Crippen LogP contribution is 2.23. The summed E-state index contributed by atoms with van der Waals surface area (Å²) in [4.78, 5) is 22.7. The van der Waals surface area contributed by atoms with Crippen molar-refractivity contribution in [1.82, 2.24) is 10.9 Å². The highest BCUT2D eigenvalue weighted by Gasteiger charge is 2.37. The molecule has 8 nitrogen and oxygen atoms in total. The van der Waals surface area contributed by atoms with Crippen molar-refractivity contribution in [2.45, 2.75) is 0 Å². The minimum absolute atomic E-state index is 0.307. The van der Waals surface area contributed by atoms with Crippen LogP contribution in [0, 0.1) is 11.8 Å². The molecule has 1 aliphatic heterocycles. The van der Waals surface area contributed by atoms with Crippen molar-refractivity contribution in [3.8, 4) is 0 Å². The Kier molecular flexibility index (Phi) is 3.62. The van der Waals surface area contributed by atoms with E-state index >= 15 is 0 Å². The molecule has 0 fully saturated rings. The quantitative estimate of drug-likeness (QED) is 0.183. The Morgan fingerprint density at radius 1 is 1.25 bits per heavy atom. The Hall–Kier alpha value is -1.45. The van der Waals surface area contributed by atoms with E-state index in [1.54, 1.807) is 10.9 Å². The predicted octanol–water partition coefficient (Wildman–Crippen LogP) is -2.86. The maximum absolute atomic E-state index is 11.3. The lowest BCUT2D eigenvalue weighted by Crippen LogP contribution is -2.49. The summed E-state index contributed by atoms with van der Waals surface area (Å²) < 4.78 is 22.3. The number of sulfone groups is 1. The van der Waals surface area contributed by atoms with Crippen LogP contribution in [0.5, 0.6) is 0 Å². The number of nitrogens with two attached hydrogens (primary N) is 2. The van der Waals surface area contributed by atoms with Gasteiger partial charge in [-0.2, -0.15) is 0 Å². The van der Waals surface area contributed by atoms with E-state index < -0.39 is 33.5 Å². The molecule has 1 atom stereocenters. The molecule has 6 N–H and O–H groups in total. The van der Waals surface area contributed by atoms with Gasteiger partial charge in [0.15, 0.2) is 9.84 Å². The molecule has 0 aromatic rings. The van der Waals surface area contributed by atoms with Gasteiger partial charge >= 0.3 is 0 Å². The third-order valence-corrected chi connectivity index (χ3v) is 3.66. The summed E-state index contributed by atoms with van der Waals surface area (Å²) >= 11 is 0. The van der Waals surface area contributed by atoms with Crippen molar-refractivity contribution in [2.24, 2.45) is 23.5 Å². The van der Waals surface area contributed by atoms with E-state index in [1.807, 2.05) is 0 Å². The van der Waals surface area contributed by atoms with Gasteiger partial charge in [-0.25, -0.2) is 20.1 Å². The molecule has 1 aliphatic rings. The summed E-state index contributed by atoms with van der Waals surface area (Å²) in [7, 11) is -3.35. The van der Waals surface area contributed by atoms with Gasteiger partial charge in [0.05, 0.1) is 5.75 Å². The van der Waals surface area contributed by atoms with Crippen LogP contribution in [-0.4, -0.2) is 26.0 Å². The molecule has 9 heteroatoms. The van der Waals surface area contributed by atoms with E-state index in [9.17, 15) is 18.0 Å². The highest BCUT2D eigenvalue weighted by molar-refractivity contribution is 7.94. The number of carbonyl (C=O) groups is 2. The van der Waals surface area contributed by atoms with Gasteiger partial charge in [0.1, 0.15) is 5.92 Å². The standard InChI is InChI=1S/C7H12N4O4S/c8-10-6(12)5(7(13)11-9)4-1-2-16(14,15)3-4/h1-2,4-5H,3,8-9H2,(H,10,12)(H,11,13). The summed E-state index contributed by atoms with van der Waals surface area (Å²) in [5, 5.41) is 0.970. The van der Waals surface area contributed by atoms with Crippen molar-refractivity contribution in [2.75, 3.05) is 5.75 Å². The molecule has 0 bridgehead atoms. The normalized spacial score (nSPS) is 22.1. The molecular weight excluding hydrogens is 236 g/mol. The van der Waals surface area contributed by atoms with Crippen LogP contribution in [0.2, 0.25) is 0 Å². The van der Waals surface area contributed by atoms with E-state index in [4.69, 9.17) is 11.7 Å². The van der Waals surface area contributed by atoms with Gasteiger partial charge in [-0.1, -0.05) is 6.08 Å². The minimum atomic E-state index is -3.35. The zero-order valence-corrected chi connectivity index (χ0v) is 9.03. The Morgan fingerprint density at radius 2 is 1.75 bits per heavy atom. The van der Waals surface area contributed by atoms with Crippen molar-refractivity contribution < 1.29 is 18.0 Å². The van der Waals surface area contributed by atoms with Gasteiger partial charge in [-0.3, -0.25) is 20.4 Å². The van der Waals surface area contributed by atoms with Crippen LogP contribution >= 0.6 is 0 Å². The predicted molar refractivity (Wildman–Crippen MR) is 54.6 cm³/mol. The third-order valence-electron chi connectivity index (χ3n) is 2.24. The first-order valence-corrected chi connectivity index (χ1v) is 6.04. The first-order valence-electron chi connectivity index (χ1n) is 4.33. The second-order valence-corrected chi connectivity index (χ2v) is 5.25. The highest BCUT2D eigenvalue weighted by atomic mass is 32.2. The summed E-state index contributed by atoms with van der Waals surface area (Å²) in [6, 6.07) is 0. The van der Waals surface area contributed by atoms with Crippen molar-refractivity contribution in [3.05, 3.63) is 11.5 Å². The first kappa shape index (κ1) is 12.6. The van der Waals surface area contributed by atoms with E-state index in [-0.39, 0.29) is 5.75 Å². The number of amides is 2. The van der Waals surface area contributed by atoms with Gasteiger partial charge in [0, 0.05) is 11.3 Å². The molecule has 16 heavy (non-hydrogen) atoms. The van der Waals surface area contributed by atoms with E-state index in [0.29, 0.717) is 0 Å². The number of nitrogens with one attached hydrogen (secondary N) is 2. The topological polar surface area (TPSA) is 144 Å². The number of rotatable bonds is 3. The molecule has 0 saturated heterocycles. The molecule has 1 rings (SSSR count). The molecule has 0 radical (unpaired) electrons. The Labute approximate surface area is 91.9 Å². The van der Waals surface area contributed by atoms with Gasteiger partial charge in [-0.15, -0.1) is 0 Å². The molecule has 2 amide bonds. The Bertz CT molecular complexity index is 414. The average molecular weight is 248 g/mol. The molecule has 0 aromatic carbocycles. The monoisotopic (exact) mass is 248 g/mol. The molecule has 0 aromatic heterocycles. The lowest BCUT2D eigenvalue weighted by molar-refractivity contribution is -0.136. The van der Waals surface area contributed by atoms with Gasteiger partial charge < -0.3 is 0 Å². The number of hydrogen-bond donors (Lipinski definition) is 4. The van der Waals surface area contributed by atoms with E-state index in [2.05, 4.69) is 0 Å². The average Bonchev–Trinajstić information content (AvgIpc) is 2.58. The molecule has 90 valence electrons. The fourth-order valence-electron chi connectivity index (χ4n) is 1.49. The largest absolute Gasteiger partial charge is 0.294 e. The summed E-state index contributed by atoms with van der Waals surface area (Å²) in [6.07, 6.45) is 1.28. The van der Waals surface area contributed by atoms with Crippen molar-refractivity contribution >= 4 is 21.7 Å². The van der Waals surface area contributed by atoms with Crippen LogP contribution in [0.4, 0.5) is 0 Å². The summed E-state index contributed by atoms with van der Waals surface area (Å²) in [5.41, 5.74) is 3.60. The van der Waals surface area contributed by atoms with Gasteiger partial charge in [0.2, 0.25) is 11.8 Å². The van der Waals surface area contributed by atoms with Gasteiger partial charge in [0.25, 0.3) is 0 Å². The summed E-state index contributed by atoms with van der Waals surface area (Å²) in [5.74, 6) is 5.94. The van der Waals surface area contributed by atoms with Crippen LogP contribution in [-0.2, 0) is 19.4 Å². The number of hydrogen-bond acceptors (Lipinski definition) is 6. The van der Waals surface area contributed by atoms with Crippen LogP contribution in [0.25, 0.3) is 0 Å². The smallest absolute Gasteiger partial charge is 0.247 e. The second kappa shape index (κ2) is 4.60. The molecule has 1 unspecified atom stereocenters. The van der Waals surface area contributed by atoms with Crippen LogP contribution in [0.1, 0.15) is 0 Å². The van der Waals surface area contributed by atoms with Crippen molar-refractivity contribution in [3.63, 3.8) is 0 Å². The number of carbonyl (C=O) groups excluding carboxylic acids is 2. The van der Waals surface area contributed by atoms with Crippen molar-refractivity contribution in [1.29, 1.82) is 0 Å². The molecular formula is C7H12N4O4S. The number of allylic oxidation sites excluding steroid dienone is 1. The third kappa shape index (κ3) is 2.56. The molecule has 0 aliphatic carbocycles. The van der Waals surface area contributed by atoms with Gasteiger partial charge in [-0.05, 0) is 0 Å². The zero-order valence-electron chi connectivity index (χ0n) is 8.21. The lowest BCUT2D eigenvalue weighted by atomic mass is 9.92. The molecule has 0 saturated carbocycles. The SMILES string of the molecule is NNC(=O)C(C(=O)NN)C1C=CS(=O)(=O)C1.